The summed E-state index contributed by atoms with van der Waals surface area (Å²) in [6.07, 6.45) is 6.75. The van der Waals surface area contributed by atoms with Crippen LogP contribution >= 0.6 is 0 Å². The van der Waals surface area contributed by atoms with Crippen molar-refractivity contribution in [1.82, 2.24) is 4.90 Å². The number of rotatable bonds is 10. The Kier molecular flexibility index (Phi) is 19.9. The molecule has 4 aliphatic rings. The first-order chi connectivity index (χ1) is 29.0. The quantitative estimate of drug-likeness (QED) is 0.0759. The van der Waals surface area contributed by atoms with Crippen LogP contribution in [0.2, 0.25) is 0 Å². The molecule has 0 spiro atoms. The molecular weight excluding hydrogens is 785 g/mol. The maximum Gasteiger partial charge on any atom is 0.329 e. The minimum Gasteiger partial charge on any atom is -0.456 e. The molecule has 14 nitrogen and oxygen atoms in total. The van der Waals surface area contributed by atoms with Crippen molar-refractivity contribution in [1.29, 1.82) is 0 Å². The molecule has 0 aromatic rings. The van der Waals surface area contributed by atoms with Crippen LogP contribution in [0.5, 0.6) is 0 Å². The lowest BCUT2D eigenvalue weighted by Crippen LogP contribution is -2.64. The second kappa shape index (κ2) is 23.8. The molecule has 1 amide bonds. The molecule has 1 aliphatic carbocycles. The van der Waals surface area contributed by atoms with Gasteiger partial charge in [0.25, 0.3) is 11.7 Å². The van der Waals surface area contributed by atoms with Gasteiger partial charge in [-0.2, -0.15) is 0 Å². The Hall–Kier alpha value is -2.72. The second-order valence-electron chi connectivity index (χ2n) is 18.5. The van der Waals surface area contributed by atoms with Gasteiger partial charge in [-0.05, 0) is 102 Å². The minimum atomic E-state index is -2.49. The average molecular weight is 863 g/mol. The zero-order chi connectivity index (χ0) is 45.0. The van der Waals surface area contributed by atoms with Crippen LogP contribution in [0.15, 0.2) is 28.5 Å². The number of Topliss-reactive ketones (excluding diaryl/α,β-unsaturated/α-hetero) is 1. The SMILES string of the molecule is CCCCO/N=C1/C[C@H](O)[C@@H](C)[C@@H](/C(C)=C/[C@@H]2CC[C@@H](O)[C@H](OC)C2)OC(=O)[C@@H]2CCCCN2C(=O)C(=O)[C@]2(O)O[C@H]([C@@H](OC)C[C@@H](C)C/C(C)=C/[C@H]1CC)[C@@H](OC)C[C@H]2C. The number of unbranched alkanes of at least 4 members (excludes halogenated alkanes) is 1. The lowest BCUT2D eigenvalue weighted by Gasteiger charge is -2.47. The number of esters is 1. The summed E-state index contributed by atoms with van der Waals surface area (Å²) in [5.74, 6) is -6.85. The van der Waals surface area contributed by atoms with Crippen LogP contribution in [0, 0.1) is 29.6 Å². The Balaban J connectivity index is 1.82. The number of piperidine rings is 1. The van der Waals surface area contributed by atoms with Gasteiger partial charge in [-0.3, -0.25) is 9.59 Å². The van der Waals surface area contributed by atoms with Gasteiger partial charge >= 0.3 is 5.97 Å². The highest BCUT2D eigenvalue weighted by Gasteiger charge is 2.56. The van der Waals surface area contributed by atoms with E-state index in [4.69, 9.17) is 28.5 Å². The van der Waals surface area contributed by atoms with E-state index >= 15 is 0 Å². The number of carbonyl (C=O) groups excluding carboxylic acids is 3. The second-order valence-corrected chi connectivity index (χ2v) is 18.5. The number of ketones is 1. The van der Waals surface area contributed by atoms with E-state index in [-0.39, 0.29) is 49.7 Å². The Labute approximate surface area is 364 Å². The largest absolute Gasteiger partial charge is 0.456 e. The van der Waals surface area contributed by atoms with Gasteiger partial charge in [-0.1, -0.05) is 63.9 Å². The number of allylic oxidation sites excluding steroid dienone is 3. The third-order valence-corrected chi connectivity index (χ3v) is 13.7. The molecular formula is C47H78N2O12. The number of aliphatic hydroxyl groups excluding tert-OH is 2. The van der Waals surface area contributed by atoms with Crippen molar-refractivity contribution < 1.29 is 58.2 Å². The van der Waals surface area contributed by atoms with Crippen molar-refractivity contribution in [2.24, 2.45) is 34.7 Å². The number of cyclic esters (lactones) is 1. The first-order valence-corrected chi connectivity index (χ1v) is 23.0. The summed E-state index contributed by atoms with van der Waals surface area (Å²) in [6, 6.07) is -1.11. The third-order valence-electron chi connectivity index (χ3n) is 13.7. The normalized spacial score (nSPS) is 39.8. The summed E-state index contributed by atoms with van der Waals surface area (Å²) < 4.78 is 30.2. The molecule has 0 radical (unpaired) electrons. The molecule has 0 aromatic carbocycles. The number of hydrogen-bond donors (Lipinski definition) is 3. The fourth-order valence-electron chi connectivity index (χ4n) is 9.85. The van der Waals surface area contributed by atoms with Crippen LogP contribution < -0.4 is 0 Å². The van der Waals surface area contributed by atoms with Gasteiger partial charge in [0.2, 0.25) is 5.79 Å². The standard InChI is InChI=1S/C47H78N2O12/c1-11-13-20-59-48-35-27-38(51)32(7)42(30(5)24-33-17-18-37(50)39(26-33)56-8)60-46(54)36-16-14-15-19-49(36)45(53)44(52)47(55)31(6)25-41(58-10)43(61-47)40(57-9)23-29(4)21-28(3)22-34(35)12-2/h22,24,29,31-34,36-43,50-51,55H,11-21,23,25-27H2,1-10H3/b28-22+,30-24+,48-35-/t29-,31+,32+,33-,34+,36-,37+,38-,39+,40-,41-,42+,43+,47+/m0/s1. The maximum atomic E-state index is 14.5. The molecule has 1 saturated carbocycles. The summed E-state index contributed by atoms with van der Waals surface area (Å²) >= 11 is 0. The molecule has 2 bridgehead atoms. The van der Waals surface area contributed by atoms with Crippen molar-refractivity contribution >= 4 is 23.4 Å². The van der Waals surface area contributed by atoms with E-state index in [1.807, 2.05) is 19.9 Å². The number of ether oxygens (including phenoxy) is 5. The summed E-state index contributed by atoms with van der Waals surface area (Å²) in [5.41, 5.74) is 2.52. The number of amides is 1. The zero-order valence-electron chi connectivity index (χ0n) is 38.7. The summed E-state index contributed by atoms with van der Waals surface area (Å²) in [5, 5.41) is 39.4. The lowest BCUT2D eigenvalue weighted by atomic mass is 9.81. The van der Waals surface area contributed by atoms with Crippen LogP contribution in [0.3, 0.4) is 0 Å². The van der Waals surface area contributed by atoms with Crippen molar-refractivity contribution in [3.63, 3.8) is 0 Å². The molecule has 14 atom stereocenters. The highest BCUT2D eigenvalue weighted by Crippen LogP contribution is 2.39. The molecule has 14 heteroatoms. The van der Waals surface area contributed by atoms with Gasteiger partial charge in [0.1, 0.15) is 24.9 Å². The summed E-state index contributed by atoms with van der Waals surface area (Å²) in [7, 11) is 4.70. The fourth-order valence-corrected chi connectivity index (χ4v) is 9.85. The summed E-state index contributed by atoms with van der Waals surface area (Å²) in [4.78, 5) is 50.2. The number of aliphatic hydroxyl groups is 3. The van der Waals surface area contributed by atoms with Gasteiger partial charge < -0.3 is 48.7 Å². The van der Waals surface area contributed by atoms with Crippen LogP contribution in [-0.2, 0) is 42.9 Å². The van der Waals surface area contributed by atoms with Crippen LogP contribution in [0.25, 0.3) is 0 Å². The first kappa shape index (κ1) is 50.9. The molecule has 348 valence electrons. The molecule has 3 aliphatic heterocycles. The first-order valence-electron chi connectivity index (χ1n) is 23.0. The number of fused-ring (bicyclic) bond motifs is 3. The van der Waals surface area contributed by atoms with Gasteiger partial charge in [-0.15, -0.1) is 0 Å². The number of oxime groups is 1. The Morgan fingerprint density at radius 3 is 2.28 bits per heavy atom. The number of hydrogen-bond acceptors (Lipinski definition) is 13. The molecule has 2 saturated heterocycles. The molecule has 0 unspecified atom stereocenters. The monoisotopic (exact) mass is 863 g/mol. The van der Waals surface area contributed by atoms with E-state index in [0.29, 0.717) is 63.7 Å². The van der Waals surface area contributed by atoms with Crippen LogP contribution in [0.1, 0.15) is 132 Å². The molecule has 3 fully saturated rings. The molecule has 3 N–H and O–H groups in total. The zero-order valence-corrected chi connectivity index (χ0v) is 38.7. The van der Waals surface area contributed by atoms with E-state index < -0.39 is 77.9 Å². The molecule has 0 aromatic heterocycles. The van der Waals surface area contributed by atoms with Crippen molar-refractivity contribution in [2.45, 2.75) is 186 Å². The van der Waals surface area contributed by atoms with E-state index in [1.54, 1.807) is 28.3 Å². The number of nitrogens with zero attached hydrogens (tertiary/aromatic N) is 2. The predicted octanol–water partition coefficient (Wildman–Crippen LogP) is 6.08. The number of methoxy groups -OCH3 is 3. The van der Waals surface area contributed by atoms with Gasteiger partial charge in [0.05, 0.1) is 36.2 Å². The third kappa shape index (κ3) is 12.9. The van der Waals surface area contributed by atoms with Gasteiger partial charge in [0.15, 0.2) is 0 Å². The van der Waals surface area contributed by atoms with E-state index in [0.717, 1.165) is 24.0 Å². The van der Waals surface area contributed by atoms with E-state index in [9.17, 15) is 29.7 Å². The topological polar surface area (TPSA) is 183 Å². The molecule has 61 heavy (non-hydrogen) atoms. The molecule has 3 heterocycles. The Bertz CT molecular complexity index is 1530. The average Bonchev–Trinajstić information content (AvgIpc) is 3.25. The fraction of sp³-hybridized carbons (Fsp3) is 0.830. The number of carbonyl (C=O) groups is 3. The maximum absolute atomic E-state index is 14.5. The van der Waals surface area contributed by atoms with Gasteiger partial charge in [0, 0.05) is 52.0 Å². The minimum absolute atomic E-state index is 0.0217. The van der Waals surface area contributed by atoms with E-state index in [2.05, 4.69) is 38.9 Å². The van der Waals surface area contributed by atoms with Crippen molar-refractivity contribution in [2.75, 3.05) is 34.5 Å². The Morgan fingerprint density at radius 1 is 0.934 bits per heavy atom. The van der Waals surface area contributed by atoms with Crippen molar-refractivity contribution in [3.05, 3.63) is 23.3 Å². The Morgan fingerprint density at radius 2 is 1.62 bits per heavy atom. The smallest absolute Gasteiger partial charge is 0.329 e. The van der Waals surface area contributed by atoms with E-state index in [1.165, 1.54) is 4.90 Å². The molecule has 4 rings (SSSR count). The van der Waals surface area contributed by atoms with Crippen molar-refractivity contribution in [3.8, 4) is 0 Å². The van der Waals surface area contributed by atoms with Crippen LogP contribution in [-0.4, -0.2) is 133 Å². The van der Waals surface area contributed by atoms with Gasteiger partial charge in [-0.25, -0.2) is 4.79 Å². The lowest BCUT2D eigenvalue weighted by molar-refractivity contribution is -0.302. The predicted molar refractivity (Wildman–Crippen MR) is 231 cm³/mol. The highest BCUT2D eigenvalue weighted by atomic mass is 16.7. The highest BCUT2D eigenvalue weighted by molar-refractivity contribution is 6.39. The summed E-state index contributed by atoms with van der Waals surface area (Å²) in [6.45, 7) is 14.3. The van der Waals surface area contributed by atoms with Crippen LogP contribution in [0.4, 0.5) is 0 Å².